The Balaban J connectivity index is 2.43. The molecule has 5 nitrogen and oxygen atoms in total. The lowest BCUT2D eigenvalue weighted by atomic mass is 10.3. The van der Waals surface area contributed by atoms with E-state index < -0.39 is 0 Å². The molecule has 3 N–H and O–H groups in total. The molecular weight excluding hydrogens is 146 g/mol. The fourth-order valence-corrected chi connectivity index (χ4v) is 0.605. The number of amides is 1. The minimum absolute atomic E-state index is 0.211. The minimum atomic E-state index is -0.211. The van der Waals surface area contributed by atoms with Crippen LogP contribution in [0.3, 0.4) is 0 Å². The normalized spacial score (nSPS) is 9.55. The Morgan fingerprint density at radius 3 is 3.18 bits per heavy atom. The van der Waals surface area contributed by atoms with Gasteiger partial charge in [-0.3, -0.25) is 4.79 Å². The van der Waals surface area contributed by atoms with E-state index >= 15 is 0 Å². The van der Waals surface area contributed by atoms with Crippen molar-refractivity contribution in [2.24, 2.45) is 5.73 Å². The number of carbonyl (C=O) groups is 1. The van der Waals surface area contributed by atoms with Gasteiger partial charge in [-0.2, -0.15) is 0 Å². The van der Waals surface area contributed by atoms with Gasteiger partial charge in [0.1, 0.15) is 6.26 Å². The number of rotatable bonds is 3. The van der Waals surface area contributed by atoms with E-state index in [4.69, 9.17) is 5.73 Å². The first kappa shape index (κ1) is 7.74. The van der Waals surface area contributed by atoms with E-state index in [-0.39, 0.29) is 5.91 Å². The summed E-state index contributed by atoms with van der Waals surface area (Å²) in [5.41, 5.74) is 5.59. The van der Waals surface area contributed by atoms with Crippen LogP contribution in [0.1, 0.15) is 10.4 Å². The lowest BCUT2D eigenvalue weighted by Gasteiger charge is -1.97. The number of hydrogen-bond acceptors (Lipinski definition) is 4. The molecule has 0 spiro atoms. The molecule has 60 valence electrons. The number of aromatic nitrogens is 1. The van der Waals surface area contributed by atoms with Crippen LogP contribution in [0.4, 0.5) is 0 Å². The molecule has 1 amide bonds. The van der Waals surface area contributed by atoms with Crippen LogP contribution in [-0.2, 0) is 0 Å². The third-order valence-corrected chi connectivity index (χ3v) is 1.12. The van der Waals surface area contributed by atoms with Gasteiger partial charge in [-0.05, 0) is 0 Å². The monoisotopic (exact) mass is 155 g/mol. The van der Waals surface area contributed by atoms with Crippen molar-refractivity contribution in [1.29, 1.82) is 0 Å². The number of nitrogens with zero attached hydrogens (tertiary/aromatic N) is 1. The maximum Gasteiger partial charge on any atom is 0.256 e. The van der Waals surface area contributed by atoms with Crippen molar-refractivity contribution in [3.05, 3.63) is 18.0 Å². The molecule has 0 radical (unpaired) electrons. The molecule has 0 unspecified atom stereocenters. The number of nitrogens with two attached hydrogens (primary N) is 1. The molecule has 0 saturated carbocycles. The number of carbonyl (C=O) groups excluding carboxylic acids is 1. The van der Waals surface area contributed by atoms with Crippen molar-refractivity contribution in [2.75, 3.05) is 13.1 Å². The van der Waals surface area contributed by atoms with Gasteiger partial charge >= 0.3 is 0 Å². The average Bonchev–Trinajstić information content (AvgIpc) is 2.52. The van der Waals surface area contributed by atoms with Crippen molar-refractivity contribution < 1.29 is 9.32 Å². The molecule has 0 aromatic carbocycles. The number of hydrogen-bond donors (Lipinski definition) is 2. The van der Waals surface area contributed by atoms with Crippen LogP contribution < -0.4 is 11.1 Å². The van der Waals surface area contributed by atoms with Crippen LogP contribution in [-0.4, -0.2) is 24.2 Å². The van der Waals surface area contributed by atoms with Crippen LogP contribution in [0.15, 0.2) is 17.0 Å². The minimum Gasteiger partial charge on any atom is -0.364 e. The molecule has 5 heteroatoms. The van der Waals surface area contributed by atoms with Gasteiger partial charge in [0.2, 0.25) is 0 Å². The van der Waals surface area contributed by atoms with Gasteiger partial charge in [-0.1, -0.05) is 5.16 Å². The molecule has 0 bridgehead atoms. The summed E-state index contributed by atoms with van der Waals surface area (Å²) in [5.74, 6) is -0.211. The van der Waals surface area contributed by atoms with Crippen LogP contribution in [0.25, 0.3) is 0 Å². The Morgan fingerprint density at radius 2 is 2.64 bits per heavy atom. The zero-order valence-electron chi connectivity index (χ0n) is 5.91. The van der Waals surface area contributed by atoms with Gasteiger partial charge < -0.3 is 15.6 Å². The molecule has 1 rings (SSSR count). The Hall–Kier alpha value is -1.36. The molecule has 1 heterocycles. The van der Waals surface area contributed by atoms with Gasteiger partial charge in [0.05, 0.1) is 11.8 Å². The Bertz CT molecular complexity index is 220. The molecule has 1 aromatic rings. The predicted molar refractivity (Wildman–Crippen MR) is 37.9 cm³/mol. The fourth-order valence-electron chi connectivity index (χ4n) is 0.605. The summed E-state index contributed by atoms with van der Waals surface area (Å²) in [6.07, 6.45) is 2.64. The molecule has 11 heavy (non-hydrogen) atoms. The van der Waals surface area contributed by atoms with E-state index in [2.05, 4.69) is 15.0 Å². The Morgan fingerprint density at radius 1 is 1.82 bits per heavy atom. The summed E-state index contributed by atoms with van der Waals surface area (Å²) in [5, 5.41) is 5.96. The topological polar surface area (TPSA) is 81.1 Å². The molecule has 0 fully saturated rings. The quantitative estimate of drug-likeness (QED) is 0.608. The van der Waals surface area contributed by atoms with Gasteiger partial charge in [-0.15, -0.1) is 0 Å². The molecule has 0 atom stereocenters. The molecule has 0 saturated heterocycles. The highest BCUT2D eigenvalue weighted by atomic mass is 16.5. The Labute approximate surface area is 63.5 Å². The van der Waals surface area contributed by atoms with Gasteiger partial charge in [0.25, 0.3) is 5.91 Å². The summed E-state index contributed by atoms with van der Waals surface area (Å²) in [7, 11) is 0. The van der Waals surface area contributed by atoms with E-state index in [9.17, 15) is 4.79 Å². The first-order valence-corrected chi connectivity index (χ1v) is 3.22. The molecule has 0 aliphatic carbocycles. The van der Waals surface area contributed by atoms with E-state index in [1.54, 1.807) is 0 Å². The van der Waals surface area contributed by atoms with Crippen molar-refractivity contribution in [3.63, 3.8) is 0 Å². The zero-order chi connectivity index (χ0) is 8.10. The Kier molecular flexibility index (Phi) is 2.62. The largest absolute Gasteiger partial charge is 0.364 e. The first-order chi connectivity index (χ1) is 5.34. The fraction of sp³-hybridized carbons (Fsp3) is 0.333. The third-order valence-electron chi connectivity index (χ3n) is 1.12. The van der Waals surface area contributed by atoms with E-state index in [1.807, 2.05) is 0 Å². The van der Waals surface area contributed by atoms with E-state index in [1.165, 1.54) is 12.5 Å². The highest BCUT2D eigenvalue weighted by Crippen LogP contribution is 1.94. The number of nitrogens with one attached hydrogen (secondary N) is 1. The average molecular weight is 155 g/mol. The molecule has 0 aliphatic rings. The lowest BCUT2D eigenvalue weighted by molar-refractivity contribution is 0.0954. The predicted octanol–water partition coefficient (Wildman–Crippen LogP) is -0.637. The lowest BCUT2D eigenvalue weighted by Crippen LogP contribution is -2.28. The maximum atomic E-state index is 11.0. The zero-order valence-corrected chi connectivity index (χ0v) is 5.91. The van der Waals surface area contributed by atoms with Crippen molar-refractivity contribution in [2.45, 2.75) is 0 Å². The SMILES string of the molecule is NCCNC(=O)c1cnoc1. The summed E-state index contributed by atoms with van der Waals surface area (Å²) >= 11 is 0. The van der Waals surface area contributed by atoms with Crippen molar-refractivity contribution >= 4 is 5.91 Å². The highest BCUT2D eigenvalue weighted by Gasteiger charge is 2.04. The molecule has 1 aromatic heterocycles. The summed E-state index contributed by atoms with van der Waals surface area (Å²) in [6, 6.07) is 0. The maximum absolute atomic E-state index is 11.0. The van der Waals surface area contributed by atoms with Crippen LogP contribution in [0.2, 0.25) is 0 Å². The van der Waals surface area contributed by atoms with Crippen molar-refractivity contribution in [3.8, 4) is 0 Å². The smallest absolute Gasteiger partial charge is 0.256 e. The first-order valence-electron chi connectivity index (χ1n) is 3.22. The van der Waals surface area contributed by atoms with Crippen molar-refractivity contribution in [1.82, 2.24) is 10.5 Å². The van der Waals surface area contributed by atoms with Crippen LogP contribution in [0, 0.1) is 0 Å². The van der Waals surface area contributed by atoms with E-state index in [0.717, 1.165) is 0 Å². The standard InChI is InChI=1S/C6H9N3O2/c7-1-2-8-6(10)5-3-9-11-4-5/h3-4H,1-2,7H2,(H,8,10). The molecule has 0 aliphatic heterocycles. The second-order valence-electron chi connectivity index (χ2n) is 1.96. The van der Waals surface area contributed by atoms with Gasteiger partial charge in [0.15, 0.2) is 0 Å². The summed E-state index contributed by atoms with van der Waals surface area (Å²) < 4.78 is 4.47. The highest BCUT2D eigenvalue weighted by molar-refractivity contribution is 5.93. The second kappa shape index (κ2) is 3.72. The summed E-state index contributed by atoms with van der Waals surface area (Å²) in [6.45, 7) is 0.890. The second-order valence-corrected chi connectivity index (χ2v) is 1.96. The van der Waals surface area contributed by atoms with Gasteiger partial charge in [-0.25, -0.2) is 0 Å². The van der Waals surface area contributed by atoms with Crippen LogP contribution >= 0.6 is 0 Å². The summed E-state index contributed by atoms with van der Waals surface area (Å²) in [4.78, 5) is 11.0. The van der Waals surface area contributed by atoms with Gasteiger partial charge in [0, 0.05) is 13.1 Å². The third kappa shape index (κ3) is 2.05. The molecular formula is C6H9N3O2. The van der Waals surface area contributed by atoms with Crippen LogP contribution in [0.5, 0.6) is 0 Å². The van der Waals surface area contributed by atoms with E-state index in [0.29, 0.717) is 18.7 Å².